The Hall–Kier alpha value is -1.52. The molecule has 19 heavy (non-hydrogen) atoms. The summed E-state index contributed by atoms with van der Waals surface area (Å²) in [6, 6.07) is 0. The number of aliphatic imine (C=N–C) groups is 1. The Labute approximate surface area is 114 Å². The molecule has 2 N–H and O–H groups in total. The molecule has 1 atom stereocenters. The lowest BCUT2D eigenvalue weighted by Gasteiger charge is -2.31. The Bertz CT molecular complexity index is 452. The van der Waals surface area contributed by atoms with Gasteiger partial charge in [-0.2, -0.15) is 0 Å². The minimum absolute atomic E-state index is 0.482. The van der Waals surface area contributed by atoms with Gasteiger partial charge in [-0.3, -0.25) is 0 Å². The molecule has 2 heterocycles. The number of likely N-dealkylation sites (tertiary alicyclic amines) is 1. The maximum absolute atomic E-state index is 6.06. The van der Waals surface area contributed by atoms with Crippen LogP contribution in [0.3, 0.4) is 0 Å². The molecule has 1 unspecified atom stereocenters. The lowest BCUT2D eigenvalue weighted by Crippen LogP contribution is -2.43. The number of guanidine groups is 1. The number of aromatic nitrogens is 1. The summed E-state index contributed by atoms with van der Waals surface area (Å²) in [6.07, 6.45) is 3.28. The standard InChI is InChI=1S/C14H24N4O/c1-4-13-17-11(3)12(19-13)8-16-14(15)18-7-5-6-10(2)9-18/h10H,4-9H2,1-3H3,(H2,15,16). The van der Waals surface area contributed by atoms with Crippen LogP contribution in [-0.4, -0.2) is 28.9 Å². The second-order valence-electron chi connectivity index (χ2n) is 5.34. The van der Waals surface area contributed by atoms with Crippen LogP contribution in [0.15, 0.2) is 9.41 Å². The molecule has 1 aliphatic heterocycles. The zero-order valence-corrected chi connectivity index (χ0v) is 12.1. The molecule has 106 valence electrons. The van der Waals surface area contributed by atoms with Crippen LogP contribution >= 0.6 is 0 Å². The van der Waals surface area contributed by atoms with Gasteiger partial charge in [0.2, 0.25) is 0 Å². The molecule has 1 aromatic rings. The van der Waals surface area contributed by atoms with E-state index in [1.54, 1.807) is 0 Å². The van der Waals surface area contributed by atoms with Gasteiger partial charge in [0.1, 0.15) is 12.3 Å². The van der Waals surface area contributed by atoms with E-state index in [-0.39, 0.29) is 0 Å². The third-order valence-corrected chi connectivity index (χ3v) is 3.61. The second kappa shape index (κ2) is 6.08. The highest BCUT2D eigenvalue weighted by molar-refractivity contribution is 5.78. The highest BCUT2D eigenvalue weighted by atomic mass is 16.4. The average Bonchev–Trinajstić information content (AvgIpc) is 2.76. The van der Waals surface area contributed by atoms with Gasteiger partial charge in [0.05, 0.1) is 5.69 Å². The molecule has 5 heteroatoms. The summed E-state index contributed by atoms with van der Waals surface area (Å²) in [5.41, 5.74) is 6.98. The fraction of sp³-hybridized carbons (Fsp3) is 0.714. The number of hydrogen-bond donors (Lipinski definition) is 1. The van der Waals surface area contributed by atoms with Gasteiger partial charge < -0.3 is 15.1 Å². The van der Waals surface area contributed by atoms with Crippen molar-refractivity contribution in [3.05, 3.63) is 17.3 Å². The first-order valence-corrected chi connectivity index (χ1v) is 7.10. The molecular formula is C14H24N4O. The fourth-order valence-corrected chi connectivity index (χ4v) is 2.44. The lowest BCUT2D eigenvalue weighted by atomic mass is 10.0. The molecule has 0 radical (unpaired) electrons. The van der Waals surface area contributed by atoms with E-state index in [2.05, 4.69) is 21.8 Å². The summed E-state index contributed by atoms with van der Waals surface area (Å²) in [5.74, 6) is 2.92. The molecule has 1 aliphatic rings. The Kier molecular flexibility index (Phi) is 4.45. The van der Waals surface area contributed by atoms with Crippen molar-refractivity contribution in [1.29, 1.82) is 0 Å². The van der Waals surface area contributed by atoms with Crippen LogP contribution in [0.2, 0.25) is 0 Å². The Morgan fingerprint density at radius 2 is 2.37 bits per heavy atom. The van der Waals surface area contributed by atoms with Gasteiger partial charge in [-0.05, 0) is 25.7 Å². The molecule has 0 amide bonds. The monoisotopic (exact) mass is 264 g/mol. The van der Waals surface area contributed by atoms with E-state index >= 15 is 0 Å². The number of nitrogens with zero attached hydrogens (tertiary/aromatic N) is 3. The third-order valence-electron chi connectivity index (χ3n) is 3.61. The summed E-state index contributed by atoms with van der Waals surface area (Å²) >= 11 is 0. The summed E-state index contributed by atoms with van der Waals surface area (Å²) in [5, 5.41) is 0. The summed E-state index contributed by atoms with van der Waals surface area (Å²) < 4.78 is 5.63. The van der Waals surface area contributed by atoms with Crippen molar-refractivity contribution in [2.75, 3.05) is 13.1 Å². The first-order valence-electron chi connectivity index (χ1n) is 7.10. The number of hydrogen-bond acceptors (Lipinski definition) is 3. The van der Waals surface area contributed by atoms with E-state index in [4.69, 9.17) is 10.2 Å². The van der Waals surface area contributed by atoms with Gasteiger partial charge in [-0.15, -0.1) is 0 Å². The maximum atomic E-state index is 6.06. The van der Waals surface area contributed by atoms with E-state index in [9.17, 15) is 0 Å². The summed E-state index contributed by atoms with van der Waals surface area (Å²) in [7, 11) is 0. The van der Waals surface area contributed by atoms with Crippen molar-refractivity contribution in [3.8, 4) is 0 Å². The zero-order valence-electron chi connectivity index (χ0n) is 12.1. The van der Waals surface area contributed by atoms with E-state index in [1.165, 1.54) is 12.8 Å². The van der Waals surface area contributed by atoms with Gasteiger partial charge in [0, 0.05) is 19.5 Å². The molecule has 5 nitrogen and oxygen atoms in total. The molecule has 2 rings (SSSR count). The Balaban J connectivity index is 1.98. The van der Waals surface area contributed by atoms with E-state index in [1.807, 2.05) is 13.8 Å². The molecule has 1 aromatic heterocycles. The predicted octanol–water partition coefficient (Wildman–Crippen LogP) is 2.09. The Morgan fingerprint density at radius 3 is 3.00 bits per heavy atom. The van der Waals surface area contributed by atoms with Crippen molar-refractivity contribution >= 4 is 5.96 Å². The fourth-order valence-electron chi connectivity index (χ4n) is 2.44. The van der Waals surface area contributed by atoms with Crippen LogP contribution in [0.4, 0.5) is 0 Å². The first-order chi connectivity index (χ1) is 9.10. The van der Waals surface area contributed by atoms with Crippen molar-refractivity contribution in [1.82, 2.24) is 9.88 Å². The van der Waals surface area contributed by atoms with Crippen LogP contribution in [0.5, 0.6) is 0 Å². The molecule has 0 bridgehead atoms. The topological polar surface area (TPSA) is 67.7 Å². The average molecular weight is 264 g/mol. The molecule has 0 spiro atoms. The third kappa shape index (κ3) is 3.49. The lowest BCUT2D eigenvalue weighted by molar-refractivity contribution is 0.270. The van der Waals surface area contributed by atoms with Crippen molar-refractivity contribution in [2.45, 2.75) is 46.6 Å². The molecule has 0 aliphatic carbocycles. The second-order valence-corrected chi connectivity index (χ2v) is 5.34. The molecule has 1 saturated heterocycles. The quantitative estimate of drug-likeness (QED) is 0.670. The first kappa shape index (κ1) is 13.9. The number of oxazole rings is 1. The van der Waals surface area contributed by atoms with Gasteiger partial charge in [0.25, 0.3) is 0 Å². The zero-order chi connectivity index (χ0) is 13.8. The van der Waals surface area contributed by atoms with E-state index < -0.39 is 0 Å². The van der Waals surface area contributed by atoms with Crippen LogP contribution in [0.25, 0.3) is 0 Å². The van der Waals surface area contributed by atoms with Gasteiger partial charge in [-0.1, -0.05) is 13.8 Å². The number of rotatable bonds is 3. The smallest absolute Gasteiger partial charge is 0.194 e. The van der Waals surface area contributed by atoms with Gasteiger partial charge in [0.15, 0.2) is 11.9 Å². The SMILES string of the molecule is CCc1nc(C)c(CN=C(N)N2CCCC(C)C2)o1. The van der Waals surface area contributed by atoms with Crippen molar-refractivity contribution in [2.24, 2.45) is 16.6 Å². The van der Waals surface area contributed by atoms with Crippen LogP contribution in [-0.2, 0) is 13.0 Å². The molecule has 1 fully saturated rings. The Morgan fingerprint density at radius 1 is 1.58 bits per heavy atom. The largest absolute Gasteiger partial charge is 0.443 e. The number of nitrogens with two attached hydrogens (primary N) is 1. The van der Waals surface area contributed by atoms with Crippen LogP contribution < -0.4 is 5.73 Å². The minimum atomic E-state index is 0.482. The van der Waals surface area contributed by atoms with Gasteiger partial charge >= 0.3 is 0 Å². The molecule has 0 aromatic carbocycles. The van der Waals surface area contributed by atoms with Crippen LogP contribution in [0, 0.1) is 12.8 Å². The normalized spacial score (nSPS) is 20.9. The van der Waals surface area contributed by atoms with Gasteiger partial charge in [-0.25, -0.2) is 9.98 Å². The maximum Gasteiger partial charge on any atom is 0.194 e. The minimum Gasteiger partial charge on any atom is -0.443 e. The van der Waals surface area contributed by atoms with Crippen molar-refractivity contribution < 1.29 is 4.42 Å². The van der Waals surface area contributed by atoms with E-state index in [0.717, 1.165) is 36.9 Å². The van der Waals surface area contributed by atoms with E-state index in [0.29, 0.717) is 18.4 Å². The number of aryl methyl sites for hydroxylation is 2. The summed E-state index contributed by atoms with van der Waals surface area (Å²) in [4.78, 5) is 11.0. The van der Waals surface area contributed by atoms with Crippen LogP contribution in [0.1, 0.15) is 44.0 Å². The predicted molar refractivity (Wildman–Crippen MR) is 75.9 cm³/mol. The number of piperidine rings is 1. The highest BCUT2D eigenvalue weighted by Crippen LogP contribution is 2.16. The molecular weight excluding hydrogens is 240 g/mol. The highest BCUT2D eigenvalue weighted by Gasteiger charge is 2.17. The molecule has 0 saturated carbocycles. The van der Waals surface area contributed by atoms with Crippen molar-refractivity contribution in [3.63, 3.8) is 0 Å². The summed E-state index contributed by atoms with van der Waals surface area (Å²) in [6.45, 7) is 8.73.